The largest absolute Gasteiger partial charge is 0.444 e. The molecule has 142 valence electrons. The standard InChI is InChI=1S/C19H38N2O3/c1-15(2)23-13-8-7-11-20-16(3)14-17-10-9-12-21(17)18(22)24-19(4,5)6/h15-17,20H,7-14H2,1-6H3. The lowest BCUT2D eigenvalue weighted by Gasteiger charge is -2.30. The molecule has 0 spiro atoms. The van der Waals surface area contributed by atoms with Crippen LogP contribution in [0.5, 0.6) is 0 Å². The lowest BCUT2D eigenvalue weighted by atomic mass is 10.1. The van der Waals surface area contributed by atoms with Gasteiger partial charge in [-0.15, -0.1) is 0 Å². The molecule has 1 N–H and O–H groups in total. The molecule has 1 fully saturated rings. The maximum Gasteiger partial charge on any atom is 0.410 e. The van der Waals surface area contributed by atoms with Gasteiger partial charge in [-0.05, 0) is 80.2 Å². The van der Waals surface area contributed by atoms with E-state index in [0.29, 0.717) is 18.2 Å². The van der Waals surface area contributed by atoms with Crippen molar-refractivity contribution < 1.29 is 14.3 Å². The minimum Gasteiger partial charge on any atom is -0.444 e. The molecule has 5 nitrogen and oxygen atoms in total. The van der Waals surface area contributed by atoms with Crippen LogP contribution in [0.3, 0.4) is 0 Å². The van der Waals surface area contributed by atoms with Crippen LogP contribution in [0.4, 0.5) is 4.79 Å². The molecule has 1 amide bonds. The van der Waals surface area contributed by atoms with Crippen molar-refractivity contribution in [1.29, 1.82) is 0 Å². The number of nitrogens with zero attached hydrogens (tertiary/aromatic N) is 1. The smallest absolute Gasteiger partial charge is 0.410 e. The van der Waals surface area contributed by atoms with Gasteiger partial charge in [-0.2, -0.15) is 0 Å². The molecule has 2 atom stereocenters. The predicted octanol–water partition coefficient (Wildman–Crippen LogP) is 3.96. The summed E-state index contributed by atoms with van der Waals surface area (Å²) in [4.78, 5) is 14.2. The van der Waals surface area contributed by atoms with Crippen molar-refractivity contribution in [2.75, 3.05) is 19.7 Å². The van der Waals surface area contributed by atoms with Crippen molar-refractivity contribution in [3.63, 3.8) is 0 Å². The van der Waals surface area contributed by atoms with Crippen LogP contribution in [0, 0.1) is 0 Å². The Morgan fingerprint density at radius 2 is 1.96 bits per heavy atom. The molecule has 5 heteroatoms. The van der Waals surface area contributed by atoms with E-state index in [1.165, 1.54) is 0 Å². The molecule has 0 aromatic rings. The first-order chi connectivity index (χ1) is 11.2. The molecule has 1 heterocycles. The highest BCUT2D eigenvalue weighted by atomic mass is 16.6. The van der Waals surface area contributed by atoms with Gasteiger partial charge in [0, 0.05) is 25.2 Å². The third-order valence-corrected chi connectivity index (χ3v) is 4.15. The van der Waals surface area contributed by atoms with Crippen LogP contribution in [0.15, 0.2) is 0 Å². The molecule has 0 radical (unpaired) electrons. The SMILES string of the molecule is CC(CC1CCCN1C(=O)OC(C)(C)C)NCCCCOC(C)C. The van der Waals surface area contributed by atoms with Crippen LogP contribution in [-0.4, -0.2) is 54.5 Å². The monoisotopic (exact) mass is 342 g/mol. The molecule has 1 aliphatic rings. The van der Waals surface area contributed by atoms with Gasteiger partial charge in [0.15, 0.2) is 0 Å². The molecule has 1 aliphatic heterocycles. The number of unbranched alkanes of at least 4 members (excludes halogenated alkanes) is 1. The molecular weight excluding hydrogens is 304 g/mol. The van der Waals surface area contributed by atoms with E-state index in [4.69, 9.17) is 9.47 Å². The number of carbonyl (C=O) groups is 1. The fourth-order valence-corrected chi connectivity index (χ4v) is 3.03. The summed E-state index contributed by atoms with van der Waals surface area (Å²) in [5.41, 5.74) is -0.424. The number of amides is 1. The Morgan fingerprint density at radius 3 is 2.58 bits per heavy atom. The van der Waals surface area contributed by atoms with E-state index in [-0.39, 0.29) is 6.09 Å². The summed E-state index contributed by atoms with van der Waals surface area (Å²) in [6.45, 7) is 14.8. The molecule has 0 aromatic heterocycles. The summed E-state index contributed by atoms with van der Waals surface area (Å²) < 4.78 is 11.1. The maximum atomic E-state index is 12.3. The predicted molar refractivity (Wildman–Crippen MR) is 98.4 cm³/mol. The Hall–Kier alpha value is -0.810. The van der Waals surface area contributed by atoms with Crippen molar-refractivity contribution in [3.05, 3.63) is 0 Å². The van der Waals surface area contributed by atoms with E-state index in [0.717, 1.165) is 51.8 Å². The number of nitrogens with one attached hydrogen (secondary N) is 1. The Bertz CT molecular complexity index is 366. The zero-order valence-electron chi connectivity index (χ0n) is 16.6. The minimum atomic E-state index is -0.424. The zero-order chi connectivity index (χ0) is 18.2. The van der Waals surface area contributed by atoms with Crippen molar-refractivity contribution in [1.82, 2.24) is 10.2 Å². The van der Waals surface area contributed by atoms with Gasteiger partial charge in [-0.3, -0.25) is 0 Å². The van der Waals surface area contributed by atoms with Gasteiger partial charge in [0.2, 0.25) is 0 Å². The first-order valence-electron chi connectivity index (χ1n) is 9.53. The second-order valence-corrected chi connectivity index (χ2v) is 8.19. The number of ether oxygens (including phenoxy) is 2. The second kappa shape index (κ2) is 10.2. The average Bonchev–Trinajstić information content (AvgIpc) is 2.88. The van der Waals surface area contributed by atoms with Crippen LogP contribution in [0.25, 0.3) is 0 Å². The topological polar surface area (TPSA) is 50.8 Å². The van der Waals surface area contributed by atoms with Crippen molar-refractivity contribution in [3.8, 4) is 0 Å². The highest BCUT2D eigenvalue weighted by Crippen LogP contribution is 2.24. The van der Waals surface area contributed by atoms with Gasteiger partial charge >= 0.3 is 6.09 Å². The molecule has 1 rings (SSSR count). The van der Waals surface area contributed by atoms with E-state index in [9.17, 15) is 4.79 Å². The number of likely N-dealkylation sites (tertiary alicyclic amines) is 1. The summed E-state index contributed by atoms with van der Waals surface area (Å²) in [6.07, 6.45) is 5.50. The van der Waals surface area contributed by atoms with E-state index >= 15 is 0 Å². The summed E-state index contributed by atoms with van der Waals surface area (Å²) >= 11 is 0. The maximum absolute atomic E-state index is 12.3. The molecule has 0 bridgehead atoms. The molecule has 1 saturated heterocycles. The zero-order valence-corrected chi connectivity index (χ0v) is 16.6. The summed E-state index contributed by atoms with van der Waals surface area (Å²) in [6, 6.07) is 0.704. The Kier molecular flexibility index (Phi) is 9.06. The fraction of sp³-hybridized carbons (Fsp3) is 0.947. The van der Waals surface area contributed by atoms with Gasteiger partial charge in [0.05, 0.1) is 6.10 Å². The number of hydrogen-bond donors (Lipinski definition) is 1. The van der Waals surface area contributed by atoms with Crippen LogP contribution in [0.1, 0.15) is 73.6 Å². The lowest BCUT2D eigenvalue weighted by molar-refractivity contribution is 0.0214. The van der Waals surface area contributed by atoms with E-state index < -0.39 is 5.60 Å². The van der Waals surface area contributed by atoms with Crippen molar-refractivity contribution >= 4 is 6.09 Å². The van der Waals surface area contributed by atoms with Crippen LogP contribution >= 0.6 is 0 Å². The highest BCUT2D eigenvalue weighted by molar-refractivity contribution is 5.68. The first-order valence-corrected chi connectivity index (χ1v) is 9.53. The lowest BCUT2D eigenvalue weighted by Crippen LogP contribution is -2.42. The highest BCUT2D eigenvalue weighted by Gasteiger charge is 2.32. The third kappa shape index (κ3) is 8.88. The summed E-state index contributed by atoms with van der Waals surface area (Å²) in [5, 5.41) is 3.57. The number of hydrogen-bond acceptors (Lipinski definition) is 4. The fourth-order valence-electron chi connectivity index (χ4n) is 3.03. The minimum absolute atomic E-state index is 0.164. The summed E-state index contributed by atoms with van der Waals surface area (Å²) in [5.74, 6) is 0. The summed E-state index contributed by atoms with van der Waals surface area (Å²) in [7, 11) is 0. The molecular formula is C19H38N2O3. The van der Waals surface area contributed by atoms with Crippen LogP contribution in [0.2, 0.25) is 0 Å². The number of rotatable bonds is 9. The van der Waals surface area contributed by atoms with Crippen LogP contribution < -0.4 is 5.32 Å². The van der Waals surface area contributed by atoms with Gasteiger partial charge < -0.3 is 19.7 Å². The van der Waals surface area contributed by atoms with E-state index in [2.05, 4.69) is 26.1 Å². The quantitative estimate of drug-likeness (QED) is 0.644. The molecule has 0 aromatic carbocycles. The normalized spacial score (nSPS) is 19.8. The molecule has 0 aliphatic carbocycles. The Labute approximate surface area is 148 Å². The van der Waals surface area contributed by atoms with Gasteiger partial charge in [0.25, 0.3) is 0 Å². The van der Waals surface area contributed by atoms with E-state index in [1.807, 2.05) is 25.7 Å². The van der Waals surface area contributed by atoms with E-state index in [1.54, 1.807) is 0 Å². The Morgan fingerprint density at radius 1 is 1.25 bits per heavy atom. The van der Waals surface area contributed by atoms with Crippen molar-refractivity contribution in [2.45, 2.75) is 97.4 Å². The average molecular weight is 343 g/mol. The number of carbonyl (C=O) groups excluding carboxylic acids is 1. The first kappa shape index (κ1) is 21.2. The van der Waals surface area contributed by atoms with Crippen molar-refractivity contribution in [2.24, 2.45) is 0 Å². The third-order valence-electron chi connectivity index (χ3n) is 4.15. The van der Waals surface area contributed by atoms with Gasteiger partial charge in [0.1, 0.15) is 5.60 Å². The molecule has 2 unspecified atom stereocenters. The second-order valence-electron chi connectivity index (χ2n) is 8.19. The van der Waals surface area contributed by atoms with Crippen LogP contribution in [-0.2, 0) is 9.47 Å². The molecule has 24 heavy (non-hydrogen) atoms. The molecule has 0 saturated carbocycles. The van der Waals surface area contributed by atoms with Gasteiger partial charge in [-0.1, -0.05) is 0 Å². The Balaban J connectivity index is 2.25. The van der Waals surface area contributed by atoms with Gasteiger partial charge in [-0.25, -0.2) is 4.79 Å².